The van der Waals surface area contributed by atoms with Crippen LogP contribution in [0.15, 0.2) is 42.3 Å². The highest BCUT2D eigenvalue weighted by atomic mass is 16.5. The third-order valence-corrected chi connectivity index (χ3v) is 2.37. The minimum absolute atomic E-state index is 0.0364. The molecule has 0 bridgehead atoms. The second-order valence-corrected chi connectivity index (χ2v) is 4.35. The largest absolute Gasteiger partial charge is 0.490 e. The molecular weight excluding hydrogens is 238 g/mol. The maximum absolute atomic E-state index is 8.13. The van der Waals surface area contributed by atoms with E-state index in [1.165, 1.54) is 5.31 Å². The Bertz CT molecular complexity index is 883. The number of benzene rings is 2. The topological polar surface area (TPSA) is 41.5 Å². The van der Waals surface area contributed by atoms with E-state index in [9.17, 15) is 0 Å². The van der Waals surface area contributed by atoms with Crippen LogP contribution in [-0.4, -0.2) is 31.8 Å². The highest BCUT2D eigenvalue weighted by molar-refractivity contribution is 5.88. The molecule has 0 saturated carbocycles. The molecule has 0 fully saturated rings. The Morgan fingerprint density at radius 2 is 2.11 bits per heavy atom. The van der Waals surface area contributed by atoms with Gasteiger partial charge in [-0.15, -0.1) is 0 Å². The number of fused-ring (bicyclic) bond motifs is 1. The van der Waals surface area contributed by atoms with Gasteiger partial charge in [-0.25, -0.2) is 0 Å². The third kappa shape index (κ3) is 3.94. The summed E-state index contributed by atoms with van der Waals surface area (Å²) in [6.07, 6.45) is -0.866. The van der Waals surface area contributed by atoms with Gasteiger partial charge in [0.25, 0.3) is 0 Å². The van der Waals surface area contributed by atoms with Gasteiger partial charge in [-0.1, -0.05) is 50.1 Å². The van der Waals surface area contributed by atoms with Crippen LogP contribution in [0.5, 0.6) is 5.75 Å². The van der Waals surface area contributed by atoms with E-state index in [2.05, 4.69) is 5.11 Å². The van der Waals surface area contributed by atoms with Crippen LogP contribution in [0.1, 0.15) is 23.4 Å². The van der Waals surface area contributed by atoms with Crippen LogP contribution in [0.2, 0.25) is 1.41 Å². The fourth-order valence-electron chi connectivity index (χ4n) is 1.46. The van der Waals surface area contributed by atoms with Crippen LogP contribution in [0.4, 0.5) is 0 Å². The van der Waals surface area contributed by atoms with Crippen LogP contribution >= 0.6 is 0 Å². The van der Waals surface area contributed by atoms with Crippen LogP contribution in [-0.2, 0) is 0 Å². The first-order valence-corrected chi connectivity index (χ1v) is 6.02. The Kier molecular flexibility index (Phi) is 2.15. The van der Waals surface area contributed by atoms with Crippen molar-refractivity contribution in [1.29, 1.82) is 1.43 Å². The normalized spacial score (nSPS) is 19.7. The first kappa shape index (κ1) is 6.25. The van der Waals surface area contributed by atoms with Gasteiger partial charge in [0, 0.05) is 18.0 Å². The first-order chi connectivity index (χ1) is 13.0. The molecule has 2 N–H and O–H groups in total. The fraction of sp³-hybridized carbons (Fsp3) is 0.375. The van der Waals surface area contributed by atoms with Gasteiger partial charge in [-0.3, -0.25) is 0 Å². The molecule has 2 rings (SSSR count). The number of hydrogen-bond acceptors (Lipinski definition) is 3. The van der Waals surface area contributed by atoms with Crippen molar-refractivity contribution < 1.29 is 20.9 Å². The summed E-state index contributed by atoms with van der Waals surface area (Å²) < 4.78 is 76.4. The summed E-state index contributed by atoms with van der Waals surface area (Å²) in [6, 6.07) is -3.65. The summed E-state index contributed by atoms with van der Waals surface area (Å²) in [5, 5.41) is 5.40. The van der Waals surface area contributed by atoms with E-state index >= 15 is 0 Å². The van der Waals surface area contributed by atoms with E-state index in [0.717, 1.165) is 0 Å². The molecule has 0 radical (unpaired) electrons. The minimum atomic E-state index is -0.866. The summed E-state index contributed by atoms with van der Waals surface area (Å²) in [6.45, 7) is 3.35. The molecule has 1 atom stereocenters. The first-order valence-electron chi connectivity index (χ1n) is 10.4. The molecule has 19 heavy (non-hydrogen) atoms. The molecule has 0 amide bonds. The highest BCUT2D eigenvalue weighted by Crippen LogP contribution is 2.25. The second-order valence-electron chi connectivity index (χ2n) is 4.35. The molecule has 0 heterocycles. The van der Waals surface area contributed by atoms with Crippen molar-refractivity contribution >= 4 is 10.8 Å². The van der Waals surface area contributed by atoms with Gasteiger partial charge >= 0.3 is 0 Å². The van der Waals surface area contributed by atoms with E-state index in [0.29, 0.717) is 0 Å². The summed E-state index contributed by atoms with van der Waals surface area (Å²) in [7, 11) is 0. The van der Waals surface area contributed by atoms with E-state index in [-0.39, 0.29) is 35.7 Å². The standard InChI is InChI=1S/C16H21NO2/c1-12(2)17-10-14(18)11-19-16-9-5-7-13-6-3-4-8-15(13)16/h3-9,12,14,17-18H,10-11H2,1-2H3/i3D,4D,5D,6D,7D,8D,9D,18D/hD. The predicted molar refractivity (Wildman–Crippen MR) is 78.6 cm³/mol. The molecule has 0 aliphatic rings. The minimum Gasteiger partial charge on any atom is -0.490 e. The zero-order chi connectivity index (χ0) is 21.3. The number of rotatable bonds is 7. The zero-order valence-corrected chi connectivity index (χ0v) is 10.8. The van der Waals surface area contributed by atoms with E-state index < -0.39 is 48.4 Å². The Labute approximate surface area is 127 Å². The van der Waals surface area contributed by atoms with Crippen LogP contribution < -0.4 is 10.0 Å². The second kappa shape index (κ2) is 6.55. The SMILES string of the molecule is [2H]OC(COc1c([2H])c([2H])c([2H])c2c([2H])c([2H])c([2H])c([2H])c12)CN([2H])C(C)C. The molecular formula is C16H21NO2. The monoisotopic (exact) mass is 268 g/mol. The molecule has 0 aliphatic carbocycles. The van der Waals surface area contributed by atoms with Gasteiger partial charge in [-0.05, 0) is 11.4 Å². The third-order valence-electron chi connectivity index (χ3n) is 2.37. The summed E-state index contributed by atoms with van der Waals surface area (Å²) in [4.78, 5) is 0. The van der Waals surface area contributed by atoms with Crippen molar-refractivity contribution in [3.8, 4) is 5.75 Å². The Morgan fingerprint density at radius 1 is 1.32 bits per heavy atom. The molecule has 1 unspecified atom stereocenters. The molecule has 0 aromatic heterocycles. The molecule has 0 aliphatic heterocycles. The lowest BCUT2D eigenvalue weighted by Gasteiger charge is -2.15. The molecule has 0 spiro atoms. The average molecular weight is 268 g/mol. The molecule has 102 valence electrons. The van der Waals surface area contributed by atoms with E-state index in [4.69, 9.17) is 17.2 Å². The van der Waals surface area contributed by atoms with Gasteiger partial charge in [0.15, 0.2) is 0 Å². The molecule has 2 aromatic rings. The number of hydrogen-bond donors (Lipinski definition) is 2. The van der Waals surface area contributed by atoms with Crippen LogP contribution in [0.3, 0.4) is 0 Å². The highest BCUT2D eigenvalue weighted by Gasteiger charge is 2.07. The lowest BCUT2D eigenvalue weighted by molar-refractivity contribution is 0.105. The Hall–Kier alpha value is -1.58. The van der Waals surface area contributed by atoms with Crippen molar-refractivity contribution in [3.63, 3.8) is 0 Å². The van der Waals surface area contributed by atoms with E-state index in [1.54, 1.807) is 13.8 Å². The van der Waals surface area contributed by atoms with Gasteiger partial charge in [0.1, 0.15) is 19.9 Å². The number of aliphatic hydroxyl groups excluding tert-OH is 1. The van der Waals surface area contributed by atoms with Crippen molar-refractivity contribution in [3.05, 3.63) is 42.3 Å². The predicted octanol–water partition coefficient (Wildman–Crippen LogP) is 2.58. The number of aliphatic hydroxyl groups is 1. The molecule has 3 nitrogen and oxygen atoms in total. The maximum Gasteiger partial charge on any atom is 0.211 e. The quantitative estimate of drug-likeness (QED) is 0.811. The lowest BCUT2D eigenvalue weighted by atomic mass is 10.1. The molecule has 3 heteroatoms. The van der Waals surface area contributed by atoms with Crippen LogP contribution in [0, 0.1) is 0 Å². The summed E-state index contributed by atoms with van der Waals surface area (Å²) in [5.74, 6) is -0.272. The van der Waals surface area contributed by atoms with Crippen LogP contribution in [0.25, 0.3) is 10.8 Å². The van der Waals surface area contributed by atoms with Crippen molar-refractivity contribution in [1.82, 2.24) is 5.31 Å². The smallest absolute Gasteiger partial charge is 0.211 e. The van der Waals surface area contributed by atoms with Crippen molar-refractivity contribution in [2.24, 2.45) is 0 Å². The number of ether oxygens (including phenoxy) is 1. The summed E-state index contributed by atoms with van der Waals surface area (Å²) in [5.41, 5.74) is 0. The molecule has 2 aromatic carbocycles. The number of nitrogens with one attached hydrogen (secondary N) is 1. The van der Waals surface area contributed by atoms with E-state index in [1.807, 2.05) is 0 Å². The Morgan fingerprint density at radius 3 is 2.89 bits per heavy atom. The van der Waals surface area contributed by atoms with Gasteiger partial charge in [-0.2, -0.15) is 0 Å². The zero-order valence-electron chi connectivity index (χ0n) is 19.8. The van der Waals surface area contributed by atoms with Crippen molar-refractivity contribution in [2.45, 2.75) is 26.0 Å². The van der Waals surface area contributed by atoms with Gasteiger partial charge in [0.05, 0.1) is 9.60 Å². The average Bonchev–Trinajstić information content (AvgIpc) is 2.66. The molecule has 0 saturated heterocycles. The lowest BCUT2D eigenvalue weighted by Crippen LogP contribution is -2.35. The Balaban J connectivity index is 2.55. The van der Waals surface area contributed by atoms with Gasteiger partial charge < -0.3 is 15.2 Å². The fourth-order valence-corrected chi connectivity index (χ4v) is 1.46. The van der Waals surface area contributed by atoms with Gasteiger partial charge in [0.2, 0.25) is 1.43 Å². The van der Waals surface area contributed by atoms with Crippen molar-refractivity contribution in [2.75, 3.05) is 13.2 Å². The summed E-state index contributed by atoms with van der Waals surface area (Å²) >= 11 is 0. The maximum atomic E-state index is 8.13.